The van der Waals surface area contributed by atoms with Gasteiger partial charge >= 0.3 is 0 Å². The molecule has 0 atom stereocenters. The number of rotatable bonds is 7. The molecule has 0 saturated carbocycles. The molecule has 150 valence electrons. The van der Waals surface area contributed by atoms with E-state index in [4.69, 9.17) is 0 Å². The molecule has 0 radical (unpaired) electrons. The van der Waals surface area contributed by atoms with Gasteiger partial charge in [-0.3, -0.25) is 14.9 Å². The number of thiazole rings is 1. The van der Waals surface area contributed by atoms with Crippen molar-refractivity contribution in [1.29, 1.82) is 0 Å². The second-order valence-electron chi connectivity index (χ2n) is 6.12. The lowest BCUT2D eigenvalue weighted by molar-refractivity contribution is -0.121. The van der Waals surface area contributed by atoms with Gasteiger partial charge in [0.15, 0.2) is 5.13 Å². The number of hydrogen-bond acceptors (Lipinski definition) is 4. The lowest BCUT2D eigenvalue weighted by Crippen LogP contribution is -2.23. The summed E-state index contributed by atoms with van der Waals surface area (Å²) in [5.41, 5.74) is 1.11. The molecule has 0 saturated heterocycles. The van der Waals surface area contributed by atoms with E-state index >= 15 is 0 Å². The van der Waals surface area contributed by atoms with Crippen molar-refractivity contribution in [1.82, 2.24) is 10.3 Å². The predicted molar refractivity (Wildman–Crippen MR) is 103 cm³/mol. The number of carbonyl (C=O) groups is 2. The van der Waals surface area contributed by atoms with Gasteiger partial charge in [0.25, 0.3) is 5.91 Å². The minimum Gasteiger partial charge on any atom is -0.352 e. The van der Waals surface area contributed by atoms with E-state index in [9.17, 15) is 22.8 Å². The van der Waals surface area contributed by atoms with Gasteiger partial charge in [0.05, 0.1) is 5.69 Å². The van der Waals surface area contributed by atoms with Gasteiger partial charge in [-0.15, -0.1) is 11.3 Å². The van der Waals surface area contributed by atoms with E-state index in [1.165, 1.54) is 41.7 Å². The van der Waals surface area contributed by atoms with Crippen LogP contribution in [0, 0.1) is 17.5 Å². The standard InChI is InChI=1S/C20H16F3N3O2S/c21-14-4-1-12(2-5-14)19(28)26-20-25-16(11-29-20)7-8-18(27)24-10-13-3-6-15(22)9-17(13)23/h1-6,9,11H,7-8,10H2,(H,24,27)(H,25,26,28). The number of nitrogens with zero attached hydrogens (tertiary/aromatic N) is 1. The van der Waals surface area contributed by atoms with Crippen LogP contribution in [0.2, 0.25) is 0 Å². The molecule has 29 heavy (non-hydrogen) atoms. The molecule has 0 bridgehead atoms. The van der Waals surface area contributed by atoms with Crippen LogP contribution in [0.25, 0.3) is 0 Å². The van der Waals surface area contributed by atoms with Crippen molar-refractivity contribution in [2.75, 3.05) is 5.32 Å². The van der Waals surface area contributed by atoms with Gasteiger partial charge in [-0.1, -0.05) is 6.07 Å². The molecule has 0 fully saturated rings. The minimum absolute atomic E-state index is 0.0407. The zero-order chi connectivity index (χ0) is 20.8. The van der Waals surface area contributed by atoms with E-state index in [-0.39, 0.29) is 24.4 Å². The largest absolute Gasteiger partial charge is 0.352 e. The molecule has 9 heteroatoms. The molecule has 2 amide bonds. The molecule has 1 aromatic heterocycles. The highest BCUT2D eigenvalue weighted by Crippen LogP contribution is 2.18. The molecule has 2 aromatic carbocycles. The molecule has 2 N–H and O–H groups in total. The molecule has 0 aliphatic rings. The third kappa shape index (κ3) is 5.89. The number of nitrogens with one attached hydrogen (secondary N) is 2. The summed E-state index contributed by atoms with van der Waals surface area (Å²) in [7, 11) is 0. The first-order chi connectivity index (χ1) is 13.9. The Bertz CT molecular complexity index is 1020. The van der Waals surface area contributed by atoms with Crippen LogP contribution in [0.1, 0.15) is 28.0 Å². The lowest BCUT2D eigenvalue weighted by Gasteiger charge is -2.06. The van der Waals surface area contributed by atoms with Crippen LogP contribution in [0.15, 0.2) is 47.8 Å². The van der Waals surface area contributed by atoms with Crippen LogP contribution in [0.5, 0.6) is 0 Å². The number of amides is 2. The zero-order valence-corrected chi connectivity index (χ0v) is 15.9. The summed E-state index contributed by atoms with van der Waals surface area (Å²) >= 11 is 1.21. The molecule has 5 nitrogen and oxygen atoms in total. The molecule has 3 aromatic rings. The number of halogens is 3. The first-order valence-electron chi connectivity index (χ1n) is 8.62. The molecule has 0 spiro atoms. The van der Waals surface area contributed by atoms with Gasteiger partial charge in [0, 0.05) is 35.5 Å². The maximum Gasteiger partial charge on any atom is 0.257 e. The fourth-order valence-electron chi connectivity index (χ4n) is 2.44. The summed E-state index contributed by atoms with van der Waals surface area (Å²) in [6.07, 6.45) is 0.457. The van der Waals surface area contributed by atoms with Crippen LogP contribution in [0.3, 0.4) is 0 Å². The van der Waals surface area contributed by atoms with E-state index in [1.54, 1.807) is 5.38 Å². The molecule has 3 rings (SSSR count). The Kier molecular flexibility index (Phi) is 6.61. The zero-order valence-electron chi connectivity index (χ0n) is 15.0. The quantitative estimate of drug-likeness (QED) is 0.607. The maximum absolute atomic E-state index is 13.5. The Labute approximate surface area is 168 Å². The number of aromatic nitrogens is 1. The molecule has 0 unspecified atom stereocenters. The first-order valence-corrected chi connectivity index (χ1v) is 9.50. The average molecular weight is 419 g/mol. The molecule has 0 aliphatic heterocycles. The predicted octanol–water partition coefficient (Wildman–Crippen LogP) is 4.06. The average Bonchev–Trinajstić information content (AvgIpc) is 3.13. The van der Waals surface area contributed by atoms with Gasteiger partial charge < -0.3 is 5.32 Å². The summed E-state index contributed by atoms with van der Waals surface area (Å²) in [4.78, 5) is 28.3. The fourth-order valence-corrected chi connectivity index (χ4v) is 3.18. The van der Waals surface area contributed by atoms with Crippen molar-refractivity contribution in [2.45, 2.75) is 19.4 Å². The van der Waals surface area contributed by atoms with Crippen LogP contribution in [-0.4, -0.2) is 16.8 Å². The number of anilines is 1. The number of aryl methyl sites for hydroxylation is 1. The molecular formula is C20H16F3N3O2S. The summed E-state index contributed by atoms with van der Waals surface area (Å²) in [6.45, 7) is -0.0407. The highest BCUT2D eigenvalue weighted by Gasteiger charge is 2.11. The van der Waals surface area contributed by atoms with Gasteiger partial charge in [0.1, 0.15) is 17.5 Å². The van der Waals surface area contributed by atoms with Crippen molar-refractivity contribution in [2.24, 2.45) is 0 Å². The van der Waals surface area contributed by atoms with Gasteiger partial charge in [-0.25, -0.2) is 18.2 Å². The van der Waals surface area contributed by atoms with Crippen LogP contribution in [0.4, 0.5) is 18.3 Å². The van der Waals surface area contributed by atoms with Crippen LogP contribution < -0.4 is 10.6 Å². The SMILES string of the molecule is O=C(CCc1csc(NC(=O)c2ccc(F)cc2)n1)NCc1ccc(F)cc1F. The Balaban J connectivity index is 1.46. The Hall–Kier alpha value is -3.20. The summed E-state index contributed by atoms with van der Waals surface area (Å²) < 4.78 is 39.3. The minimum atomic E-state index is -0.716. The summed E-state index contributed by atoms with van der Waals surface area (Å²) in [6, 6.07) is 8.29. The second kappa shape index (κ2) is 9.33. The number of benzene rings is 2. The van der Waals surface area contributed by atoms with E-state index in [1.807, 2.05) is 0 Å². The number of hydrogen-bond donors (Lipinski definition) is 2. The topological polar surface area (TPSA) is 71.1 Å². The van der Waals surface area contributed by atoms with E-state index < -0.39 is 23.4 Å². The normalized spacial score (nSPS) is 10.6. The lowest BCUT2D eigenvalue weighted by atomic mass is 10.2. The van der Waals surface area contributed by atoms with Crippen molar-refractivity contribution in [3.63, 3.8) is 0 Å². The molecule has 1 heterocycles. The Morgan fingerprint density at radius 1 is 1.00 bits per heavy atom. The summed E-state index contributed by atoms with van der Waals surface area (Å²) in [5, 5.41) is 7.26. The molecular weight excluding hydrogens is 403 g/mol. The first kappa shape index (κ1) is 20.5. The van der Waals surface area contributed by atoms with Gasteiger partial charge in [-0.05, 0) is 36.8 Å². The molecule has 0 aliphatic carbocycles. The highest BCUT2D eigenvalue weighted by molar-refractivity contribution is 7.14. The number of carbonyl (C=O) groups excluding carboxylic acids is 2. The van der Waals surface area contributed by atoms with Crippen molar-refractivity contribution >= 4 is 28.3 Å². The van der Waals surface area contributed by atoms with Crippen LogP contribution in [-0.2, 0) is 17.8 Å². The Morgan fingerprint density at radius 2 is 1.72 bits per heavy atom. The second-order valence-corrected chi connectivity index (χ2v) is 6.98. The smallest absolute Gasteiger partial charge is 0.257 e. The monoisotopic (exact) mass is 419 g/mol. The van der Waals surface area contributed by atoms with Crippen LogP contribution >= 0.6 is 11.3 Å². The summed E-state index contributed by atoms with van der Waals surface area (Å²) in [5.74, 6) is -2.54. The van der Waals surface area contributed by atoms with Gasteiger partial charge in [0.2, 0.25) is 5.91 Å². The van der Waals surface area contributed by atoms with Crippen molar-refractivity contribution < 1.29 is 22.8 Å². The van der Waals surface area contributed by atoms with E-state index in [0.717, 1.165) is 12.1 Å². The van der Waals surface area contributed by atoms with Crippen molar-refractivity contribution in [3.05, 3.63) is 82.1 Å². The third-order valence-corrected chi connectivity index (χ3v) is 4.78. The van der Waals surface area contributed by atoms with Crippen molar-refractivity contribution in [3.8, 4) is 0 Å². The third-order valence-electron chi connectivity index (χ3n) is 3.98. The van der Waals surface area contributed by atoms with E-state index in [0.29, 0.717) is 22.8 Å². The van der Waals surface area contributed by atoms with E-state index in [2.05, 4.69) is 15.6 Å². The maximum atomic E-state index is 13.5. The van der Waals surface area contributed by atoms with Gasteiger partial charge in [-0.2, -0.15) is 0 Å². The Morgan fingerprint density at radius 3 is 2.45 bits per heavy atom. The fraction of sp³-hybridized carbons (Fsp3) is 0.150. The highest BCUT2D eigenvalue weighted by atomic mass is 32.1.